The molecule has 8 heteroatoms. The minimum atomic E-state index is -3.69. The highest BCUT2D eigenvalue weighted by Crippen LogP contribution is 2.23. The molecule has 1 aliphatic rings. The van der Waals surface area contributed by atoms with Crippen LogP contribution in [0, 0.1) is 17.0 Å². The first kappa shape index (κ1) is 14.9. The first-order valence-electron chi connectivity index (χ1n) is 6.23. The molecule has 1 aromatic rings. The molecule has 0 spiro atoms. The molecule has 7 nitrogen and oxygen atoms in total. The SMILES string of the molecule is Cc1cc([N+](=O)[O-])ccc1S(=O)(=O)NC1(C)CCNC1. The van der Waals surface area contributed by atoms with Crippen LogP contribution >= 0.6 is 0 Å². The van der Waals surface area contributed by atoms with Gasteiger partial charge in [-0.1, -0.05) is 0 Å². The molecule has 1 heterocycles. The summed E-state index contributed by atoms with van der Waals surface area (Å²) in [6.07, 6.45) is 0.707. The lowest BCUT2D eigenvalue weighted by Crippen LogP contribution is -2.47. The average Bonchev–Trinajstić information content (AvgIpc) is 2.74. The van der Waals surface area contributed by atoms with Gasteiger partial charge >= 0.3 is 0 Å². The molecule has 1 atom stereocenters. The van der Waals surface area contributed by atoms with Crippen LogP contribution in [0.5, 0.6) is 0 Å². The molecule has 1 aliphatic heterocycles. The second-order valence-corrected chi connectivity index (χ2v) is 6.95. The zero-order valence-electron chi connectivity index (χ0n) is 11.3. The van der Waals surface area contributed by atoms with E-state index < -0.39 is 20.5 Å². The summed E-state index contributed by atoms with van der Waals surface area (Å²) in [6, 6.07) is 3.75. The molecule has 1 aromatic carbocycles. The zero-order chi connectivity index (χ0) is 15.0. The van der Waals surface area contributed by atoms with E-state index in [1.165, 1.54) is 18.2 Å². The maximum Gasteiger partial charge on any atom is 0.269 e. The van der Waals surface area contributed by atoms with Crippen molar-refractivity contribution in [1.82, 2.24) is 10.0 Å². The number of nitrogens with zero attached hydrogens (tertiary/aromatic N) is 1. The minimum Gasteiger partial charge on any atom is -0.315 e. The number of nitro groups is 1. The monoisotopic (exact) mass is 299 g/mol. The molecular formula is C12H17N3O4S. The number of benzene rings is 1. The fraction of sp³-hybridized carbons (Fsp3) is 0.500. The topological polar surface area (TPSA) is 101 Å². The van der Waals surface area contributed by atoms with Gasteiger partial charge in [0.1, 0.15) is 0 Å². The molecule has 0 saturated carbocycles. The van der Waals surface area contributed by atoms with Crippen molar-refractivity contribution in [2.45, 2.75) is 30.7 Å². The molecule has 0 amide bonds. The standard InChI is InChI=1S/C12H17N3O4S/c1-9-7-10(15(16)17)3-4-11(9)20(18,19)14-12(2)5-6-13-8-12/h3-4,7,13-14H,5-6,8H2,1-2H3. The number of hydrogen-bond acceptors (Lipinski definition) is 5. The largest absolute Gasteiger partial charge is 0.315 e. The third kappa shape index (κ3) is 2.97. The molecule has 1 saturated heterocycles. The average molecular weight is 299 g/mol. The number of aryl methyl sites for hydroxylation is 1. The molecule has 1 fully saturated rings. The highest BCUT2D eigenvalue weighted by molar-refractivity contribution is 7.89. The van der Waals surface area contributed by atoms with Gasteiger partial charge in [0, 0.05) is 24.2 Å². The Morgan fingerprint density at radius 3 is 2.65 bits per heavy atom. The molecule has 0 aromatic heterocycles. The molecule has 2 rings (SSSR count). The van der Waals surface area contributed by atoms with Gasteiger partial charge in [0.2, 0.25) is 10.0 Å². The smallest absolute Gasteiger partial charge is 0.269 e. The number of hydrogen-bond donors (Lipinski definition) is 2. The van der Waals surface area contributed by atoms with E-state index in [2.05, 4.69) is 10.0 Å². The van der Waals surface area contributed by atoms with Crippen molar-refractivity contribution < 1.29 is 13.3 Å². The number of nitro benzene ring substituents is 1. The van der Waals surface area contributed by atoms with Gasteiger partial charge in [-0.05, 0) is 38.4 Å². The summed E-state index contributed by atoms with van der Waals surface area (Å²) in [4.78, 5) is 10.2. The molecule has 1 unspecified atom stereocenters. The van der Waals surface area contributed by atoms with E-state index >= 15 is 0 Å². The quantitative estimate of drug-likeness (QED) is 0.636. The summed E-state index contributed by atoms with van der Waals surface area (Å²) in [7, 11) is -3.69. The van der Waals surface area contributed by atoms with Gasteiger partial charge in [0.05, 0.1) is 9.82 Å². The zero-order valence-corrected chi connectivity index (χ0v) is 12.2. The van der Waals surface area contributed by atoms with E-state index in [9.17, 15) is 18.5 Å². The maximum atomic E-state index is 12.4. The molecule has 0 bridgehead atoms. The van der Waals surface area contributed by atoms with E-state index in [0.29, 0.717) is 18.5 Å². The lowest BCUT2D eigenvalue weighted by molar-refractivity contribution is -0.385. The summed E-state index contributed by atoms with van der Waals surface area (Å²) in [5.74, 6) is 0. The van der Waals surface area contributed by atoms with Gasteiger partial charge in [0.25, 0.3) is 5.69 Å². The number of nitrogens with one attached hydrogen (secondary N) is 2. The van der Waals surface area contributed by atoms with Crippen molar-refractivity contribution in [2.75, 3.05) is 13.1 Å². The van der Waals surface area contributed by atoms with Crippen molar-refractivity contribution in [3.63, 3.8) is 0 Å². The summed E-state index contributed by atoms with van der Waals surface area (Å²) in [5, 5.41) is 13.8. The molecule has 110 valence electrons. The van der Waals surface area contributed by atoms with Crippen molar-refractivity contribution in [2.24, 2.45) is 0 Å². The van der Waals surface area contributed by atoms with Gasteiger partial charge in [0.15, 0.2) is 0 Å². The fourth-order valence-corrected chi connectivity index (χ4v) is 4.00. The van der Waals surface area contributed by atoms with Crippen LogP contribution in [0.25, 0.3) is 0 Å². The Kier molecular flexibility index (Phi) is 3.81. The van der Waals surface area contributed by atoms with Crippen LogP contribution < -0.4 is 10.0 Å². The first-order chi connectivity index (χ1) is 9.23. The van der Waals surface area contributed by atoms with Crippen LogP contribution in [0.2, 0.25) is 0 Å². The molecule has 0 radical (unpaired) electrons. The maximum absolute atomic E-state index is 12.4. The van der Waals surface area contributed by atoms with Crippen LogP contribution in [-0.2, 0) is 10.0 Å². The second-order valence-electron chi connectivity index (χ2n) is 5.30. The number of rotatable bonds is 4. The molecule has 0 aliphatic carbocycles. The van der Waals surface area contributed by atoms with Crippen LogP contribution in [-0.4, -0.2) is 32.0 Å². The Hall–Kier alpha value is -1.51. The Morgan fingerprint density at radius 2 is 2.15 bits per heavy atom. The third-order valence-corrected chi connectivity index (χ3v) is 5.21. The lowest BCUT2D eigenvalue weighted by Gasteiger charge is -2.24. The second kappa shape index (κ2) is 5.12. The van der Waals surface area contributed by atoms with E-state index in [-0.39, 0.29) is 10.6 Å². The summed E-state index contributed by atoms with van der Waals surface area (Å²) in [5.41, 5.74) is -0.274. The Morgan fingerprint density at radius 1 is 1.45 bits per heavy atom. The lowest BCUT2D eigenvalue weighted by atomic mass is 10.0. The van der Waals surface area contributed by atoms with Crippen molar-refractivity contribution in [3.05, 3.63) is 33.9 Å². The van der Waals surface area contributed by atoms with Crippen molar-refractivity contribution in [3.8, 4) is 0 Å². The van der Waals surface area contributed by atoms with Crippen LogP contribution in [0.1, 0.15) is 18.9 Å². The van der Waals surface area contributed by atoms with E-state index in [1.54, 1.807) is 6.92 Å². The molecule has 2 N–H and O–H groups in total. The van der Waals surface area contributed by atoms with Gasteiger partial charge in [-0.3, -0.25) is 10.1 Å². The molecule has 20 heavy (non-hydrogen) atoms. The molecular weight excluding hydrogens is 282 g/mol. The summed E-state index contributed by atoms with van der Waals surface area (Å²) < 4.78 is 27.5. The van der Waals surface area contributed by atoms with Gasteiger partial charge in [-0.25, -0.2) is 13.1 Å². The third-order valence-electron chi connectivity index (χ3n) is 3.41. The predicted molar refractivity (Wildman–Crippen MR) is 74.0 cm³/mol. The summed E-state index contributed by atoms with van der Waals surface area (Å²) in [6.45, 7) is 4.72. The Labute approximate surface area is 117 Å². The van der Waals surface area contributed by atoms with E-state index in [1.807, 2.05) is 6.92 Å². The van der Waals surface area contributed by atoms with Gasteiger partial charge in [-0.15, -0.1) is 0 Å². The van der Waals surface area contributed by atoms with Crippen LogP contribution in [0.4, 0.5) is 5.69 Å². The Balaban J connectivity index is 2.32. The summed E-state index contributed by atoms with van der Waals surface area (Å²) >= 11 is 0. The van der Waals surface area contributed by atoms with E-state index in [0.717, 1.165) is 6.54 Å². The predicted octanol–water partition coefficient (Wildman–Crippen LogP) is 0.934. The van der Waals surface area contributed by atoms with Gasteiger partial charge < -0.3 is 5.32 Å². The van der Waals surface area contributed by atoms with E-state index in [4.69, 9.17) is 0 Å². The fourth-order valence-electron chi connectivity index (χ4n) is 2.33. The van der Waals surface area contributed by atoms with Crippen molar-refractivity contribution >= 4 is 15.7 Å². The normalized spacial score (nSPS) is 22.9. The highest BCUT2D eigenvalue weighted by atomic mass is 32.2. The van der Waals surface area contributed by atoms with Crippen LogP contribution in [0.3, 0.4) is 0 Å². The minimum absolute atomic E-state index is 0.0798. The van der Waals surface area contributed by atoms with Gasteiger partial charge in [-0.2, -0.15) is 0 Å². The first-order valence-corrected chi connectivity index (χ1v) is 7.72. The number of non-ortho nitro benzene ring substituents is 1. The number of sulfonamides is 1. The van der Waals surface area contributed by atoms with Crippen LogP contribution in [0.15, 0.2) is 23.1 Å². The van der Waals surface area contributed by atoms with Crippen molar-refractivity contribution in [1.29, 1.82) is 0 Å². The Bertz CT molecular complexity index is 636. The highest BCUT2D eigenvalue weighted by Gasteiger charge is 2.34.